The molecule has 0 radical (unpaired) electrons. The summed E-state index contributed by atoms with van der Waals surface area (Å²) in [4.78, 5) is 21.6. The van der Waals surface area contributed by atoms with E-state index in [0.717, 1.165) is 0 Å². The standard InChI is InChI=1S/C11H19NO5/c1-8(2)11(16)17-7-9(13)5-12(3,4)6-10(14)15/h9,13H,1,5-7H2,2-4H3/p+1. The Kier molecular flexibility index (Phi) is 5.84. The Hall–Kier alpha value is -1.40. The number of ether oxygens (including phenoxy) is 1. The van der Waals surface area contributed by atoms with Gasteiger partial charge in [0.1, 0.15) is 19.3 Å². The van der Waals surface area contributed by atoms with Crippen LogP contribution < -0.4 is 0 Å². The van der Waals surface area contributed by atoms with Gasteiger partial charge in [-0.3, -0.25) is 0 Å². The Morgan fingerprint density at radius 2 is 1.94 bits per heavy atom. The molecule has 0 aromatic heterocycles. The number of likely N-dealkylation sites (N-methyl/N-ethyl adjacent to an activating group) is 1. The van der Waals surface area contributed by atoms with Gasteiger partial charge in [0.25, 0.3) is 0 Å². The van der Waals surface area contributed by atoms with Crippen LogP contribution in [0, 0.1) is 0 Å². The molecule has 0 rings (SSSR count). The van der Waals surface area contributed by atoms with Crippen LogP contribution in [0.5, 0.6) is 0 Å². The first-order valence-electron chi connectivity index (χ1n) is 5.18. The van der Waals surface area contributed by atoms with Crippen LogP contribution in [0.1, 0.15) is 6.92 Å². The van der Waals surface area contributed by atoms with Crippen molar-refractivity contribution >= 4 is 11.9 Å². The molecule has 6 heteroatoms. The third kappa shape index (κ3) is 7.48. The predicted molar refractivity (Wildman–Crippen MR) is 61.3 cm³/mol. The molecule has 17 heavy (non-hydrogen) atoms. The number of carboxylic acid groups (broad SMARTS) is 1. The highest BCUT2D eigenvalue weighted by Gasteiger charge is 2.24. The van der Waals surface area contributed by atoms with Crippen molar-refractivity contribution in [2.45, 2.75) is 13.0 Å². The van der Waals surface area contributed by atoms with E-state index in [0.29, 0.717) is 0 Å². The lowest BCUT2D eigenvalue weighted by Crippen LogP contribution is -2.49. The zero-order chi connectivity index (χ0) is 13.6. The van der Waals surface area contributed by atoms with Gasteiger partial charge in [-0.25, -0.2) is 9.59 Å². The van der Waals surface area contributed by atoms with E-state index in [2.05, 4.69) is 6.58 Å². The Morgan fingerprint density at radius 3 is 2.35 bits per heavy atom. The first-order chi connectivity index (χ1) is 7.64. The molecule has 0 aromatic rings. The van der Waals surface area contributed by atoms with Crippen molar-refractivity contribution in [2.75, 3.05) is 33.8 Å². The number of nitrogens with zero attached hydrogens (tertiary/aromatic N) is 1. The number of esters is 1. The van der Waals surface area contributed by atoms with Crippen LogP contribution in [0.25, 0.3) is 0 Å². The Balaban J connectivity index is 4.09. The van der Waals surface area contributed by atoms with Crippen LogP contribution in [0.3, 0.4) is 0 Å². The van der Waals surface area contributed by atoms with Gasteiger partial charge >= 0.3 is 11.9 Å². The number of rotatable bonds is 7. The number of hydrogen-bond donors (Lipinski definition) is 2. The first kappa shape index (κ1) is 15.6. The van der Waals surface area contributed by atoms with E-state index in [-0.39, 0.29) is 29.8 Å². The summed E-state index contributed by atoms with van der Waals surface area (Å²) >= 11 is 0. The van der Waals surface area contributed by atoms with Crippen LogP contribution in [0.2, 0.25) is 0 Å². The molecule has 2 N–H and O–H groups in total. The second kappa shape index (κ2) is 6.36. The molecule has 0 fully saturated rings. The molecule has 0 heterocycles. The number of aliphatic hydroxyl groups is 1. The van der Waals surface area contributed by atoms with Gasteiger partial charge in [-0.2, -0.15) is 0 Å². The zero-order valence-electron chi connectivity index (χ0n) is 10.5. The van der Waals surface area contributed by atoms with E-state index in [1.54, 1.807) is 14.1 Å². The maximum Gasteiger partial charge on any atom is 0.359 e. The monoisotopic (exact) mass is 246 g/mol. The topological polar surface area (TPSA) is 83.8 Å². The molecular formula is C11H20NO5+. The first-order valence-corrected chi connectivity index (χ1v) is 5.18. The van der Waals surface area contributed by atoms with E-state index in [4.69, 9.17) is 9.84 Å². The molecule has 0 spiro atoms. The maximum atomic E-state index is 11.1. The number of quaternary nitrogens is 1. The number of carbonyl (C=O) groups is 2. The van der Waals surface area contributed by atoms with Gasteiger partial charge in [0.05, 0.1) is 14.1 Å². The van der Waals surface area contributed by atoms with E-state index in [9.17, 15) is 14.7 Å². The average Bonchev–Trinajstić information content (AvgIpc) is 2.10. The van der Waals surface area contributed by atoms with Crippen molar-refractivity contribution in [2.24, 2.45) is 0 Å². The third-order valence-electron chi connectivity index (χ3n) is 2.02. The smallest absolute Gasteiger partial charge is 0.359 e. The number of aliphatic hydroxyl groups excluding tert-OH is 1. The Labute approximate surface area is 101 Å². The molecule has 0 aliphatic rings. The molecule has 6 nitrogen and oxygen atoms in total. The van der Waals surface area contributed by atoms with Gasteiger partial charge in [0.2, 0.25) is 0 Å². The normalized spacial score (nSPS) is 12.9. The Morgan fingerprint density at radius 1 is 1.41 bits per heavy atom. The summed E-state index contributed by atoms with van der Waals surface area (Å²) < 4.78 is 4.88. The largest absolute Gasteiger partial charge is 0.477 e. The molecule has 0 saturated heterocycles. The van der Waals surface area contributed by atoms with E-state index >= 15 is 0 Å². The molecule has 0 amide bonds. The second-order valence-electron chi connectivity index (χ2n) is 4.70. The summed E-state index contributed by atoms with van der Waals surface area (Å²) in [6.07, 6.45) is -0.896. The van der Waals surface area contributed by atoms with Crippen molar-refractivity contribution < 1.29 is 29.0 Å². The van der Waals surface area contributed by atoms with Gasteiger partial charge < -0.3 is 19.4 Å². The van der Waals surface area contributed by atoms with Gasteiger partial charge in [-0.1, -0.05) is 6.58 Å². The summed E-state index contributed by atoms with van der Waals surface area (Å²) in [6.45, 7) is 4.85. The fourth-order valence-corrected chi connectivity index (χ4v) is 1.35. The summed E-state index contributed by atoms with van der Waals surface area (Å²) in [7, 11) is 3.36. The second-order valence-corrected chi connectivity index (χ2v) is 4.70. The molecule has 1 atom stereocenters. The minimum Gasteiger partial charge on any atom is -0.477 e. The lowest BCUT2D eigenvalue weighted by atomic mass is 10.3. The van der Waals surface area contributed by atoms with Crippen molar-refractivity contribution in [3.8, 4) is 0 Å². The number of hydrogen-bond acceptors (Lipinski definition) is 4. The van der Waals surface area contributed by atoms with E-state index in [1.807, 2.05) is 0 Å². The van der Waals surface area contributed by atoms with Crippen LogP contribution in [-0.4, -0.2) is 66.5 Å². The van der Waals surface area contributed by atoms with Crippen LogP contribution >= 0.6 is 0 Å². The highest BCUT2D eigenvalue weighted by Crippen LogP contribution is 2.01. The van der Waals surface area contributed by atoms with E-state index in [1.165, 1.54) is 6.92 Å². The molecule has 98 valence electrons. The summed E-state index contributed by atoms with van der Waals surface area (Å²) in [5.41, 5.74) is 0.261. The van der Waals surface area contributed by atoms with Crippen molar-refractivity contribution in [3.05, 3.63) is 12.2 Å². The minimum atomic E-state index is -0.943. The van der Waals surface area contributed by atoms with E-state index < -0.39 is 18.0 Å². The van der Waals surface area contributed by atoms with Gasteiger partial charge in [-0.05, 0) is 6.92 Å². The Bertz CT molecular complexity index is 311. The molecule has 0 aromatic carbocycles. The molecule has 0 saturated carbocycles. The van der Waals surface area contributed by atoms with Gasteiger partial charge in [-0.15, -0.1) is 0 Å². The zero-order valence-corrected chi connectivity index (χ0v) is 10.5. The lowest BCUT2D eigenvalue weighted by molar-refractivity contribution is -0.886. The van der Waals surface area contributed by atoms with Crippen LogP contribution in [0.15, 0.2) is 12.2 Å². The van der Waals surface area contributed by atoms with Gasteiger partial charge in [0.15, 0.2) is 6.54 Å². The molecule has 0 aliphatic carbocycles. The van der Waals surface area contributed by atoms with Crippen molar-refractivity contribution in [1.82, 2.24) is 0 Å². The fourth-order valence-electron chi connectivity index (χ4n) is 1.35. The molecule has 0 aliphatic heterocycles. The number of aliphatic carboxylic acids is 1. The minimum absolute atomic E-state index is 0.106. The summed E-state index contributed by atoms with van der Waals surface area (Å²) in [5.74, 6) is -1.51. The highest BCUT2D eigenvalue weighted by atomic mass is 16.5. The molecular weight excluding hydrogens is 226 g/mol. The van der Waals surface area contributed by atoms with Crippen molar-refractivity contribution in [1.29, 1.82) is 0 Å². The van der Waals surface area contributed by atoms with Crippen LogP contribution in [-0.2, 0) is 14.3 Å². The molecule has 1 unspecified atom stereocenters. The summed E-state index contributed by atoms with van der Waals surface area (Å²) in [6, 6.07) is 0. The highest BCUT2D eigenvalue weighted by molar-refractivity contribution is 5.86. The number of carboxylic acids is 1. The van der Waals surface area contributed by atoms with Crippen LogP contribution in [0.4, 0.5) is 0 Å². The number of carbonyl (C=O) groups excluding carboxylic acids is 1. The fraction of sp³-hybridized carbons (Fsp3) is 0.636. The lowest BCUT2D eigenvalue weighted by Gasteiger charge is -2.29. The molecule has 0 bridgehead atoms. The SMILES string of the molecule is C=C(C)C(=O)OCC(O)C[N+](C)(C)CC(=O)O. The predicted octanol–water partition coefficient (Wildman–Crippen LogP) is -0.372. The van der Waals surface area contributed by atoms with Gasteiger partial charge in [0, 0.05) is 5.57 Å². The third-order valence-corrected chi connectivity index (χ3v) is 2.02. The average molecular weight is 246 g/mol. The summed E-state index contributed by atoms with van der Waals surface area (Å²) in [5, 5.41) is 18.3. The maximum absolute atomic E-state index is 11.1. The van der Waals surface area contributed by atoms with Crippen molar-refractivity contribution in [3.63, 3.8) is 0 Å². The quantitative estimate of drug-likeness (QED) is 0.364.